The van der Waals surface area contributed by atoms with Crippen LogP contribution in [0.5, 0.6) is 5.88 Å². The molecule has 0 saturated heterocycles. The van der Waals surface area contributed by atoms with Crippen LogP contribution in [0.15, 0.2) is 30.3 Å². The molecule has 0 bridgehead atoms. The lowest BCUT2D eigenvalue weighted by molar-refractivity contribution is 0.396. The minimum Gasteiger partial charge on any atom is -0.481 e. The van der Waals surface area contributed by atoms with Crippen molar-refractivity contribution < 1.29 is 9.13 Å². The molecule has 1 unspecified atom stereocenters. The van der Waals surface area contributed by atoms with Gasteiger partial charge in [0.15, 0.2) is 0 Å². The Kier molecular flexibility index (Phi) is 3.94. The molecule has 1 aromatic carbocycles. The molecule has 1 aromatic heterocycles. The highest BCUT2D eigenvalue weighted by Gasteiger charge is 2.11. The highest BCUT2D eigenvalue weighted by atomic mass is 19.1. The normalized spacial score (nSPS) is 12.0. The van der Waals surface area contributed by atoms with Gasteiger partial charge in [-0.2, -0.15) is 4.98 Å². The van der Waals surface area contributed by atoms with Gasteiger partial charge in [-0.1, -0.05) is 18.2 Å². The molecule has 0 aliphatic heterocycles. The summed E-state index contributed by atoms with van der Waals surface area (Å²) in [5.74, 6) is 1.46. The highest BCUT2D eigenvalue weighted by Crippen LogP contribution is 2.22. The molecule has 0 radical (unpaired) electrons. The van der Waals surface area contributed by atoms with E-state index in [4.69, 9.17) is 4.74 Å². The van der Waals surface area contributed by atoms with Crippen LogP contribution in [0.25, 0.3) is 0 Å². The number of nitrogens with one attached hydrogen (secondary N) is 1. The van der Waals surface area contributed by atoms with Crippen molar-refractivity contribution in [1.82, 2.24) is 9.97 Å². The number of nitrogens with zero attached hydrogens (tertiary/aromatic N) is 2. The summed E-state index contributed by atoms with van der Waals surface area (Å²) < 4.78 is 18.8. The van der Waals surface area contributed by atoms with Crippen LogP contribution < -0.4 is 10.1 Å². The minimum absolute atomic E-state index is 0.194. The summed E-state index contributed by atoms with van der Waals surface area (Å²) in [4.78, 5) is 8.35. The Morgan fingerprint density at radius 2 is 2.00 bits per heavy atom. The van der Waals surface area contributed by atoms with Crippen LogP contribution in [0.4, 0.5) is 10.2 Å². The van der Waals surface area contributed by atoms with Crippen molar-refractivity contribution in [1.29, 1.82) is 0 Å². The van der Waals surface area contributed by atoms with Gasteiger partial charge in [-0.05, 0) is 19.9 Å². The Balaban J connectivity index is 2.21. The molecule has 0 spiro atoms. The van der Waals surface area contributed by atoms with E-state index in [0.717, 1.165) is 0 Å². The van der Waals surface area contributed by atoms with Crippen LogP contribution in [-0.4, -0.2) is 17.1 Å². The summed E-state index contributed by atoms with van der Waals surface area (Å²) in [5, 5.41) is 3.14. The lowest BCUT2D eigenvalue weighted by atomic mass is 10.1. The number of rotatable bonds is 4. The molecule has 2 aromatic rings. The number of methoxy groups -OCH3 is 1. The van der Waals surface area contributed by atoms with Crippen LogP contribution in [0.2, 0.25) is 0 Å². The van der Waals surface area contributed by atoms with Gasteiger partial charge in [0, 0.05) is 11.6 Å². The number of hydrogen-bond acceptors (Lipinski definition) is 4. The molecule has 100 valence electrons. The third-order valence-corrected chi connectivity index (χ3v) is 2.76. The van der Waals surface area contributed by atoms with Crippen LogP contribution in [0, 0.1) is 12.7 Å². The molecule has 2 rings (SSSR count). The monoisotopic (exact) mass is 261 g/mol. The second-order valence-electron chi connectivity index (χ2n) is 4.23. The van der Waals surface area contributed by atoms with E-state index in [1.807, 2.05) is 13.0 Å². The zero-order valence-electron chi connectivity index (χ0n) is 11.1. The molecule has 0 amide bonds. The smallest absolute Gasteiger partial charge is 0.218 e. The Morgan fingerprint density at radius 1 is 1.26 bits per heavy atom. The fraction of sp³-hybridized carbons (Fsp3) is 0.286. The Labute approximate surface area is 111 Å². The van der Waals surface area contributed by atoms with Gasteiger partial charge in [-0.25, -0.2) is 9.37 Å². The molecule has 0 fully saturated rings. The predicted octanol–water partition coefficient (Wildman–Crippen LogP) is 3.11. The van der Waals surface area contributed by atoms with Gasteiger partial charge in [-0.15, -0.1) is 0 Å². The van der Waals surface area contributed by atoms with Crippen molar-refractivity contribution in [2.75, 3.05) is 12.4 Å². The maximum atomic E-state index is 13.7. The van der Waals surface area contributed by atoms with Crippen molar-refractivity contribution in [2.45, 2.75) is 19.9 Å². The first-order valence-corrected chi connectivity index (χ1v) is 6.01. The number of aryl methyl sites for hydroxylation is 1. The summed E-state index contributed by atoms with van der Waals surface area (Å²) in [6, 6.07) is 8.16. The predicted molar refractivity (Wildman–Crippen MR) is 71.8 cm³/mol. The molecule has 5 heteroatoms. The van der Waals surface area contributed by atoms with Gasteiger partial charge in [0.25, 0.3) is 0 Å². The molecular weight excluding hydrogens is 245 g/mol. The van der Waals surface area contributed by atoms with Crippen molar-refractivity contribution >= 4 is 5.82 Å². The zero-order valence-corrected chi connectivity index (χ0v) is 11.1. The average molecular weight is 261 g/mol. The SMILES string of the molecule is COc1cc(NC(C)c2ccccc2F)nc(C)n1. The van der Waals surface area contributed by atoms with Crippen molar-refractivity contribution in [3.63, 3.8) is 0 Å². The largest absolute Gasteiger partial charge is 0.481 e. The maximum absolute atomic E-state index is 13.7. The molecule has 19 heavy (non-hydrogen) atoms. The first kappa shape index (κ1) is 13.3. The first-order valence-electron chi connectivity index (χ1n) is 6.01. The summed E-state index contributed by atoms with van der Waals surface area (Å²) >= 11 is 0. The summed E-state index contributed by atoms with van der Waals surface area (Å²) in [5.41, 5.74) is 0.595. The van der Waals surface area contributed by atoms with Gasteiger partial charge in [-0.3, -0.25) is 0 Å². The molecule has 0 aliphatic carbocycles. The molecular formula is C14H16FN3O. The molecule has 1 N–H and O–H groups in total. The van der Waals surface area contributed by atoms with Crippen molar-refractivity contribution in [3.8, 4) is 5.88 Å². The standard InChI is InChI=1S/C14H16FN3O/c1-9(11-6-4-5-7-12(11)15)16-13-8-14(19-3)18-10(2)17-13/h4-9H,1-3H3,(H,16,17,18). The Bertz CT molecular complexity index is 574. The number of hydrogen-bond donors (Lipinski definition) is 1. The quantitative estimate of drug-likeness (QED) is 0.918. The summed E-state index contributed by atoms with van der Waals surface area (Å²) in [7, 11) is 1.55. The van der Waals surface area contributed by atoms with E-state index in [0.29, 0.717) is 23.1 Å². The highest BCUT2D eigenvalue weighted by molar-refractivity contribution is 5.41. The number of aromatic nitrogens is 2. The Morgan fingerprint density at radius 3 is 2.68 bits per heavy atom. The molecule has 1 atom stereocenters. The van der Waals surface area contributed by atoms with Gasteiger partial charge in [0.2, 0.25) is 5.88 Å². The Hall–Kier alpha value is -2.17. The topological polar surface area (TPSA) is 47.0 Å². The van der Waals surface area contributed by atoms with Gasteiger partial charge in [0.05, 0.1) is 13.2 Å². The van der Waals surface area contributed by atoms with E-state index in [2.05, 4.69) is 15.3 Å². The average Bonchev–Trinajstić information content (AvgIpc) is 2.38. The second kappa shape index (κ2) is 5.65. The lowest BCUT2D eigenvalue weighted by Crippen LogP contribution is -2.10. The fourth-order valence-electron chi connectivity index (χ4n) is 1.84. The van der Waals surface area contributed by atoms with E-state index in [1.54, 1.807) is 32.2 Å². The van der Waals surface area contributed by atoms with E-state index in [9.17, 15) is 4.39 Å². The maximum Gasteiger partial charge on any atom is 0.218 e. The third kappa shape index (κ3) is 3.19. The lowest BCUT2D eigenvalue weighted by Gasteiger charge is -2.16. The van der Waals surface area contributed by atoms with E-state index >= 15 is 0 Å². The number of anilines is 1. The van der Waals surface area contributed by atoms with Crippen LogP contribution >= 0.6 is 0 Å². The molecule has 4 nitrogen and oxygen atoms in total. The number of halogens is 1. The van der Waals surface area contributed by atoms with Gasteiger partial charge >= 0.3 is 0 Å². The molecule has 0 saturated carbocycles. The van der Waals surface area contributed by atoms with Gasteiger partial charge < -0.3 is 10.1 Å². The molecule has 0 aliphatic rings. The third-order valence-electron chi connectivity index (χ3n) is 2.76. The van der Waals surface area contributed by atoms with Crippen molar-refractivity contribution in [3.05, 3.63) is 47.5 Å². The first-order chi connectivity index (χ1) is 9.10. The minimum atomic E-state index is -0.236. The summed E-state index contributed by atoms with van der Waals surface area (Å²) in [6.45, 7) is 3.66. The number of benzene rings is 1. The molecule has 1 heterocycles. The zero-order chi connectivity index (χ0) is 13.8. The fourth-order valence-corrected chi connectivity index (χ4v) is 1.84. The number of ether oxygens (including phenoxy) is 1. The van der Waals surface area contributed by atoms with E-state index in [1.165, 1.54) is 6.07 Å². The van der Waals surface area contributed by atoms with Crippen LogP contribution in [0.3, 0.4) is 0 Å². The van der Waals surface area contributed by atoms with Crippen LogP contribution in [-0.2, 0) is 0 Å². The second-order valence-corrected chi connectivity index (χ2v) is 4.23. The van der Waals surface area contributed by atoms with E-state index < -0.39 is 0 Å². The summed E-state index contributed by atoms with van der Waals surface area (Å²) in [6.07, 6.45) is 0. The van der Waals surface area contributed by atoms with Crippen molar-refractivity contribution in [2.24, 2.45) is 0 Å². The van der Waals surface area contributed by atoms with Gasteiger partial charge in [0.1, 0.15) is 17.5 Å². The van der Waals surface area contributed by atoms with E-state index in [-0.39, 0.29) is 11.9 Å². The van der Waals surface area contributed by atoms with Crippen LogP contribution in [0.1, 0.15) is 24.4 Å².